The summed E-state index contributed by atoms with van der Waals surface area (Å²) in [5.41, 5.74) is 0. The van der Waals surface area contributed by atoms with E-state index < -0.39 is 12.0 Å². The molecule has 0 bridgehead atoms. The number of carboxylic acids is 1. The minimum Gasteiger partial charge on any atom is -0.480 e. The molecule has 1 atom stereocenters. The van der Waals surface area contributed by atoms with Gasteiger partial charge in [0.15, 0.2) is 0 Å². The van der Waals surface area contributed by atoms with E-state index in [4.69, 9.17) is 5.11 Å². The highest BCUT2D eigenvalue weighted by Gasteiger charge is 2.07. The predicted octanol–water partition coefficient (Wildman–Crippen LogP) is 1.02. The van der Waals surface area contributed by atoms with Gasteiger partial charge in [-0.15, -0.1) is 6.58 Å². The number of hydrogen-bond donors (Lipinski definition) is 2. The molecular formula is C8H15NO2. The van der Waals surface area contributed by atoms with E-state index in [1.807, 2.05) is 6.08 Å². The first-order valence-electron chi connectivity index (χ1n) is 3.75. The molecule has 0 amide bonds. The van der Waals surface area contributed by atoms with Gasteiger partial charge in [-0.05, 0) is 26.3 Å². The predicted molar refractivity (Wildman–Crippen MR) is 44.5 cm³/mol. The first-order chi connectivity index (χ1) is 5.18. The third kappa shape index (κ3) is 5.61. The number of hydrogen-bond acceptors (Lipinski definition) is 2. The Balaban J connectivity index is 3.24. The minimum absolute atomic E-state index is 0.445. The van der Waals surface area contributed by atoms with Gasteiger partial charge in [-0.3, -0.25) is 4.79 Å². The molecule has 0 aromatic carbocycles. The molecule has 64 valence electrons. The molecule has 3 heteroatoms. The van der Waals surface area contributed by atoms with Crippen molar-refractivity contribution in [3.05, 3.63) is 12.7 Å². The quantitative estimate of drug-likeness (QED) is 0.447. The fourth-order valence-electron chi connectivity index (χ4n) is 0.652. The zero-order valence-corrected chi connectivity index (χ0v) is 6.84. The third-order valence-corrected chi connectivity index (χ3v) is 1.41. The number of nitrogens with one attached hydrogen (secondary N) is 1. The van der Waals surface area contributed by atoms with E-state index in [1.54, 1.807) is 6.92 Å². The first kappa shape index (κ1) is 10.2. The van der Waals surface area contributed by atoms with Crippen molar-refractivity contribution in [2.24, 2.45) is 0 Å². The molecular weight excluding hydrogens is 142 g/mol. The zero-order chi connectivity index (χ0) is 8.69. The van der Waals surface area contributed by atoms with E-state index in [1.165, 1.54) is 0 Å². The van der Waals surface area contributed by atoms with Crippen molar-refractivity contribution >= 4 is 5.97 Å². The van der Waals surface area contributed by atoms with Gasteiger partial charge in [0, 0.05) is 0 Å². The van der Waals surface area contributed by atoms with E-state index in [-0.39, 0.29) is 0 Å². The Morgan fingerprint density at radius 1 is 1.82 bits per heavy atom. The van der Waals surface area contributed by atoms with Crippen LogP contribution in [0.1, 0.15) is 19.8 Å². The Morgan fingerprint density at radius 2 is 2.45 bits per heavy atom. The van der Waals surface area contributed by atoms with Gasteiger partial charge in [-0.1, -0.05) is 6.08 Å². The Morgan fingerprint density at radius 3 is 2.91 bits per heavy atom. The fourth-order valence-corrected chi connectivity index (χ4v) is 0.652. The fraction of sp³-hybridized carbons (Fsp3) is 0.625. The highest BCUT2D eigenvalue weighted by molar-refractivity contribution is 5.72. The van der Waals surface area contributed by atoms with Crippen LogP contribution in [0.5, 0.6) is 0 Å². The number of aliphatic carboxylic acids is 1. The van der Waals surface area contributed by atoms with Crippen LogP contribution in [-0.2, 0) is 4.79 Å². The second-order valence-corrected chi connectivity index (χ2v) is 2.44. The van der Waals surface area contributed by atoms with Crippen molar-refractivity contribution < 1.29 is 9.90 Å². The maximum absolute atomic E-state index is 10.3. The second kappa shape index (κ2) is 5.92. The zero-order valence-electron chi connectivity index (χ0n) is 6.84. The molecule has 0 aromatic heterocycles. The van der Waals surface area contributed by atoms with E-state index in [0.717, 1.165) is 19.4 Å². The number of rotatable bonds is 6. The second-order valence-electron chi connectivity index (χ2n) is 2.44. The van der Waals surface area contributed by atoms with Crippen LogP contribution >= 0.6 is 0 Å². The highest BCUT2D eigenvalue weighted by atomic mass is 16.4. The lowest BCUT2D eigenvalue weighted by Gasteiger charge is -2.06. The maximum atomic E-state index is 10.3. The largest absolute Gasteiger partial charge is 0.480 e. The summed E-state index contributed by atoms with van der Waals surface area (Å²) in [7, 11) is 0. The molecule has 0 aliphatic rings. The Kier molecular flexibility index (Phi) is 5.47. The van der Waals surface area contributed by atoms with Gasteiger partial charge in [0.25, 0.3) is 0 Å². The van der Waals surface area contributed by atoms with Crippen LogP contribution in [0.25, 0.3) is 0 Å². The number of unbranched alkanes of at least 4 members (excludes halogenated alkanes) is 1. The van der Waals surface area contributed by atoms with Gasteiger partial charge in [-0.2, -0.15) is 0 Å². The van der Waals surface area contributed by atoms with E-state index in [0.29, 0.717) is 0 Å². The van der Waals surface area contributed by atoms with Crippen LogP contribution in [0, 0.1) is 0 Å². The molecule has 0 unspecified atom stereocenters. The van der Waals surface area contributed by atoms with Crippen LogP contribution in [0.3, 0.4) is 0 Å². The Labute approximate surface area is 67.1 Å². The van der Waals surface area contributed by atoms with Gasteiger partial charge in [0.1, 0.15) is 6.04 Å². The molecule has 0 rings (SSSR count). The number of carboxylic acid groups (broad SMARTS) is 1. The summed E-state index contributed by atoms with van der Waals surface area (Å²) in [6.45, 7) is 5.94. The van der Waals surface area contributed by atoms with Crippen molar-refractivity contribution in [3.8, 4) is 0 Å². The number of carbonyl (C=O) groups is 1. The van der Waals surface area contributed by atoms with Crippen molar-refractivity contribution in [1.29, 1.82) is 0 Å². The summed E-state index contributed by atoms with van der Waals surface area (Å²) in [6.07, 6.45) is 3.70. The smallest absolute Gasteiger partial charge is 0.320 e. The lowest BCUT2D eigenvalue weighted by Crippen LogP contribution is -2.34. The standard InChI is InChI=1S/C8H15NO2/c1-3-4-5-6-9-7(2)8(10)11/h3,7,9H,1,4-6H2,2H3,(H,10,11)/t7-/m0/s1. The lowest BCUT2D eigenvalue weighted by atomic mass is 10.3. The van der Waals surface area contributed by atoms with Crippen LogP contribution in [0.4, 0.5) is 0 Å². The summed E-state index contributed by atoms with van der Waals surface area (Å²) < 4.78 is 0. The molecule has 0 aromatic rings. The first-order valence-corrected chi connectivity index (χ1v) is 3.75. The van der Waals surface area contributed by atoms with Crippen LogP contribution in [-0.4, -0.2) is 23.7 Å². The summed E-state index contributed by atoms with van der Waals surface area (Å²) in [6, 6.07) is -0.445. The van der Waals surface area contributed by atoms with Crippen LogP contribution in [0.2, 0.25) is 0 Å². The van der Waals surface area contributed by atoms with E-state index in [9.17, 15) is 4.79 Å². The molecule has 0 fully saturated rings. The van der Waals surface area contributed by atoms with Crippen molar-refractivity contribution in [2.75, 3.05) is 6.54 Å². The monoisotopic (exact) mass is 157 g/mol. The SMILES string of the molecule is C=CCCCN[C@@H](C)C(=O)O. The summed E-state index contributed by atoms with van der Waals surface area (Å²) in [4.78, 5) is 10.3. The summed E-state index contributed by atoms with van der Waals surface area (Å²) >= 11 is 0. The highest BCUT2D eigenvalue weighted by Crippen LogP contribution is 1.88. The van der Waals surface area contributed by atoms with Gasteiger partial charge in [0.05, 0.1) is 0 Å². The Hall–Kier alpha value is -0.830. The maximum Gasteiger partial charge on any atom is 0.320 e. The topological polar surface area (TPSA) is 49.3 Å². The van der Waals surface area contributed by atoms with Crippen LogP contribution < -0.4 is 5.32 Å². The van der Waals surface area contributed by atoms with Gasteiger partial charge < -0.3 is 10.4 Å². The van der Waals surface area contributed by atoms with E-state index >= 15 is 0 Å². The number of allylic oxidation sites excluding steroid dienone is 1. The normalized spacial score (nSPS) is 12.5. The minimum atomic E-state index is -0.802. The van der Waals surface area contributed by atoms with Crippen molar-refractivity contribution in [3.63, 3.8) is 0 Å². The lowest BCUT2D eigenvalue weighted by molar-refractivity contribution is -0.138. The van der Waals surface area contributed by atoms with Gasteiger partial charge in [-0.25, -0.2) is 0 Å². The molecule has 2 N–H and O–H groups in total. The van der Waals surface area contributed by atoms with Crippen molar-refractivity contribution in [1.82, 2.24) is 5.32 Å². The summed E-state index contributed by atoms with van der Waals surface area (Å²) in [5.74, 6) is -0.802. The molecule has 0 radical (unpaired) electrons. The van der Waals surface area contributed by atoms with Gasteiger partial charge in [0.2, 0.25) is 0 Å². The molecule has 0 saturated carbocycles. The average Bonchev–Trinajstić information content (AvgIpc) is 1.97. The molecule has 0 heterocycles. The summed E-state index contributed by atoms with van der Waals surface area (Å²) in [5, 5.41) is 11.3. The van der Waals surface area contributed by atoms with E-state index in [2.05, 4.69) is 11.9 Å². The van der Waals surface area contributed by atoms with Crippen LogP contribution in [0.15, 0.2) is 12.7 Å². The third-order valence-electron chi connectivity index (χ3n) is 1.41. The molecule has 0 saturated heterocycles. The Bertz CT molecular complexity index is 134. The average molecular weight is 157 g/mol. The molecule has 3 nitrogen and oxygen atoms in total. The van der Waals surface area contributed by atoms with Gasteiger partial charge >= 0.3 is 5.97 Å². The molecule has 0 aliphatic carbocycles. The molecule has 11 heavy (non-hydrogen) atoms. The molecule has 0 spiro atoms. The molecule has 0 aliphatic heterocycles. The van der Waals surface area contributed by atoms with Crippen molar-refractivity contribution in [2.45, 2.75) is 25.8 Å².